The number of anilines is 1. The Kier molecular flexibility index (Phi) is 4.89. The minimum atomic E-state index is -1.25. The lowest BCUT2D eigenvalue weighted by atomic mass is 10.1. The molecule has 0 saturated carbocycles. The van der Waals surface area contributed by atoms with Gasteiger partial charge in [-0.1, -0.05) is 6.07 Å². The fraction of sp³-hybridized carbons (Fsp3) is 0.200. The summed E-state index contributed by atoms with van der Waals surface area (Å²) in [4.78, 5) is 24.1. The van der Waals surface area contributed by atoms with Crippen LogP contribution in [0.4, 0.5) is 10.1 Å². The highest BCUT2D eigenvalue weighted by molar-refractivity contribution is 7.10. The third-order valence-corrected chi connectivity index (χ3v) is 4.08. The van der Waals surface area contributed by atoms with Gasteiger partial charge in [-0.15, -0.1) is 11.3 Å². The Morgan fingerprint density at radius 2 is 1.91 bits per heavy atom. The van der Waals surface area contributed by atoms with E-state index in [0.717, 1.165) is 0 Å². The van der Waals surface area contributed by atoms with Crippen molar-refractivity contribution in [3.63, 3.8) is 0 Å². The van der Waals surface area contributed by atoms with Gasteiger partial charge in [0.25, 0.3) is 0 Å². The minimum Gasteiger partial charge on any atom is -0.383 e. The highest BCUT2D eigenvalue weighted by atomic mass is 32.1. The zero-order chi connectivity index (χ0) is 16.2. The molecule has 0 saturated heterocycles. The van der Waals surface area contributed by atoms with Crippen molar-refractivity contribution in [2.24, 2.45) is 0 Å². The Morgan fingerprint density at radius 1 is 1.23 bits per heavy atom. The number of benzene rings is 1. The van der Waals surface area contributed by atoms with Gasteiger partial charge >= 0.3 is 11.8 Å². The first-order valence-corrected chi connectivity index (χ1v) is 7.37. The van der Waals surface area contributed by atoms with Gasteiger partial charge in [0.15, 0.2) is 0 Å². The minimum absolute atomic E-state index is 0.0941. The molecule has 0 radical (unpaired) electrons. The molecular formula is C15H15FN2O3S. The third-order valence-electron chi connectivity index (χ3n) is 2.95. The maximum absolute atomic E-state index is 12.8. The molecule has 1 aromatic carbocycles. The van der Waals surface area contributed by atoms with E-state index in [0.29, 0.717) is 10.6 Å². The molecule has 0 spiro atoms. The van der Waals surface area contributed by atoms with E-state index in [-0.39, 0.29) is 6.54 Å². The second-order valence-corrected chi connectivity index (χ2v) is 5.84. The van der Waals surface area contributed by atoms with Crippen LogP contribution in [0.3, 0.4) is 0 Å². The van der Waals surface area contributed by atoms with Crippen LogP contribution >= 0.6 is 11.3 Å². The van der Waals surface area contributed by atoms with Crippen LogP contribution < -0.4 is 10.6 Å². The largest absolute Gasteiger partial charge is 0.383 e. The standard InChI is InChI=1S/C15H15FN2O3S/c1-15(21,12-3-2-8-22-12)9-17-13(19)14(20)18-11-6-4-10(16)5-7-11/h2-8,21H,9H2,1H3,(H,17,19)(H,18,20). The van der Waals surface area contributed by atoms with Crippen molar-refractivity contribution in [1.82, 2.24) is 5.32 Å². The van der Waals surface area contributed by atoms with E-state index in [9.17, 15) is 19.1 Å². The number of rotatable bonds is 4. The number of halogens is 1. The number of nitrogens with one attached hydrogen (secondary N) is 2. The maximum Gasteiger partial charge on any atom is 0.313 e. The van der Waals surface area contributed by atoms with Crippen molar-refractivity contribution in [2.75, 3.05) is 11.9 Å². The summed E-state index contributed by atoms with van der Waals surface area (Å²) in [6, 6.07) is 8.59. The zero-order valence-electron chi connectivity index (χ0n) is 11.8. The molecule has 5 nitrogen and oxygen atoms in total. The molecule has 0 aliphatic carbocycles. The summed E-state index contributed by atoms with van der Waals surface area (Å²) in [5.41, 5.74) is -0.938. The number of amides is 2. The molecule has 2 rings (SSSR count). The van der Waals surface area contributed by atoms with Crippen molar-refractivity contribution < 1.29 is 19.1 Å². The smallest absolute Gasteiger partial charge is 0.313 e. The number of carbonyl (C=O) groups excluding carboxylic acids is 2. The van der Waals surface area contributed by atoms with Gasteiger partial charge in [-0.3, -0.25) is 9.59 Å². The summed E-state index contributed by atoms with van der Waals surface area (Å²) in [7, 11) is 0. The van der Waals surface area contributed by atoms with Crippen LogP contribution in [0.25, 0.3) is 0 Å². The first-order valence-electron chi connectivity index (χ1n) is 6.49. The van der Waals surface area contributed by atoms with E-state index in [4.69, 9.17) is 0 Å². The molecule has 0 aliphatic heterocycles. The van der Waals surface area contributed by atoms with Crippen LogP contribution in [0.15, 0.2) is 41.8 Å². The lowest BCUT2D eigenvalue weighted by Crippen LogP contribution is -2.42. The predicted molar refractivity (Wildman–Crippen MR) is 81.9 cm³/mol. The Hall–Kier alpha value is -2.25. The van der Waals surface area contributed by atoms with E-state index in [1.807, 2.05) is 5.38 Å². The third kappa shape index (κ3) is 4.12. The molecule has 1 atom stereocenters. The molecular weight excluding hydrogens is 307 g/mol. The Morgan fingerprint density at radius 3 is 2.50 bits per heavy atom. The first-order chi connectivity index (χ1) is 10.4. The average Bonchev–Trinajstić information content (AvgIpc) is 3.02. The van der Waals surface area contributed by atoms with E-state index >= 15 is 0 Å². The molecule has 22 heavy (non-hydrogen) atoms. The molecule has 116 valence electrons. The molecule has 2 aromatic rings. The summed E-state index contributed by atoms with van der Waals surface area (Å²) < 4.78 is 12.8. The van der Waals surface area contributed by atoms with Gasteiger partial charge in [-0.25, -0.2) is 4.39 Å². The maximum atomic E-state index is 12.8. The fourth-order valence-corrected chi connectivity index (χ4v) is 2.51. The van der Waals surface area contributed by atoms with Crippen molar-refractivity contribution in [1.29, 1.82) is 0 Å². The van der Waals surface area contributed by atoms with Gasteiger partial charge in [0.2, 0.25) is 0 Å². The summed E-state index contributed by atoms with van der Waals surface area (Å²) >= 11 is 1.36. The molecule has 0 bridgehead atoms. The van der Waals surface area contributed by atoms with Crippen LogP contribution in [0.1, 0.15) is 11.8 Å². The van der Waals surface area contributed by atoms with Gasteiger partial charge < -0.3 is 15.7 Å². The van der Waals surface area contributed by atoms with Crippen molar-refractivity contribution in [2.45, 2.75) is 12.5 Å². The van der Waals surface area contributed by atoms with Gasteiger partial charge in [0, 0.05) is 10.6 Å². The average molecular weight is 322 g/mol. The van der Waals surface area contributed by atoms with Crippen molar-refractivity contribution >= 4 is 28.8 Å². The highest BCUT2D eigenvalue weighted by Gasteiger charge is 2.26. The van der Waals surface area contributed by atoms with Crippen LogP contribution in [-0.4, -0.2) is 23.5 Å². The zero-order valence-corrected chi connectivity index (χ0v) is 12.6. The summed E-state index contributed by atoms with van der Waals surface area (Å²) in [5, 5.41) is 16.8. The van der Waals surface area contributed by atoms with E-state index < -0.39 is 23.2 Å². The van der Waals surface area contributed by atoms with Gasteiger partial charge in [-0.05, 0) is 42.6 Å². The van der Waals surface area contributed by atoms with Crippen molar-refractivity contribution in [3.05, 3.63) is 52.5 Å². The number of carbonyl (C=O) groups is 2. The van der Waals surface area contributed by atoms with E-state index in [1.54, 1.807) is 19.1 Å². The Balaban J connectivity index is 1.89. The molecule has 1 unspecified atom stereocenters. The van der Waals surface area contributed by atoms with Crippen molar-refractivity contribution in [3.8, 4) is 0 Å². The molecule has 1 heterocycles. The number of aliphatic hydroxyl groups is 1. The second kappa shape index (κ2) is 6.67. The topological polar surface area (TPSA) is 78.4 Å². The highest BCUT2D eigenvalue weighted by Crippen LogP contribution is 2.24. The summed E-state index contributed by atoms with van der Waals surface area (Å²) in [5.74, 6) is -2.19. The van der Waals surface area contributed by atoms with Crippen LogP contribution in [0.5, 0.6) is 0 Å². The monoisotopic (exact) mass is 322 g/mol. The number of hydrogen-bond donors (Lipinski definition) is 3. The molecule has 0 fully saturated rings. The fourth-order valence-electron chi connectivity index (χ4n) is 1.73. The predicted octanol–water partition coefficient (Wildman–Crippen LogP) is 1.85. The lowest BCUT2D eigenvalue weighted by Gasteiger charge is -2.22. The quantitative estimate of drug-likeness (QED) is 0.752. The Bertz CT molecular complexity index is 654. The molecule has 7 heteroatoms. The molecule has 2 amide bonds. The Labute approximate surface area is 130 Å². The summed E-state index contributed by atoms with van der Waals surface area (Å²) in [6.45, 7) is 1.46. The summed E-state index contributed by atoms with van der Waals surface area (Å²) in [6.07, 6.45) is 0. The second-order valence-electron chi connectivity index (χ2n) is 4.89. The lowest BCUT2D eigenvalue weighted by molar-refractivity contribution is -0.136. The van der Waals surface area contributed by atoms with Gasteiger partial charge in [0.05, 0.1) is 6.54 Å². The van der Waals surface area contributed by atoms with Gasteiger partial charge in [-0.2, -0.15) is 0 Å². The number of hydrogen-bond acceptors (Lipinski definition) is 4. The van der Waals surface area contributed by atoms with Gasteiger partial charge in [0.1, 0.15) is 11.4 Å². The van der Waals surface area contributed by atoms with Crippen LogP contribution in [0, 0.1) is 5.82 Å². The molecule has 0 aliphatic rings. The first kappa shape index (κ1) is 16.1. The van der Waals surface area contributed by atoms with E-state index in [2.05, 4.69) is 10.6 Å². The van der Waals surface area contributed by atoms with Crippen LogP contribution in [0.2, 0.25) is 0 Å². The van der Waals surface area contributed by atoms with Crippen LogP contribution in [-0.2, 0) is 15.2 Å². The van der Waals surface area contributed by atoms with E-state index in [1.165, 1.54) is 35.6 Å². The molecule has 3 N–H and O–H groups in total. The normalized spacial score (nSPS) is 13.2. The molecule has 1 aromatic heterocycles. The number of thiophene rings is 1. The SMILES string of the molecule is CC(O)(CNC(=O)C(=O)Nc1ccc(F)cc1)c1cccs1.